The number of hydrogen-bond acceptors (Lipinski definition) is 6. The summed E-state index contributed by atoms with van der Waals surface area (Å²) in [5.74, 6) is 2.89. The zero-order chi connectivity index (χ0) is 24.0. The van der Waals surface area contributed by atoms with E-state index in [1.807, 2.05) is 31.2 Å². The topological polar surface area (TPSA) is 63.2 Å². The third-order valence-electron chi connectivity index (χ3n) is 5.87. The summed E-state index contributed by atoms with van der Waals surface area (Å²) in [6.45, 7) is 1.98. The average Bonchev–Trinajstić information content (AvgIpc) is 2.85. The lowest BCUT2D eigenvalue weighted by Gasteiger charge is -2.22. The van der Waals surface area contributed by atoms with Gasteiger partial charge in [0.2, 0.25) is 11.5 Å². The van der Waals surface area contributed by atoms with Gasteiger partial charge >= 0.3 is 0 Å². The molecule has 0 aliphatic carbocycles. The van der Waals surface area contributed by atoms with Crippen LogP contribution in [0.15, 0.2) is 42.5 Å². The van der Waals surface area contributed by atoms with Crippen molar-refractivity contribution >= 4 is 6.29 Å². The van der Waals surface area contributed by atoms with E-state index in [1.165, 1.54) is 0 Å². The van der Waals surface area contributed by atoms with Crippen molar-refractivity contribution in [1.82, 2.24) is 0 Å². The van der Waals surface area contributed by atoms with E-state index in [4.69, 9.17) is 23.7 Å². The first-order chi connectivity index (χ1) is 16.0. The Morgan fingerprint density at radius 1 is 0.636 bits per heavy atom. The minimum atomic E-state index is 0.489. The molecule has 3 aromatic rings. The Balaban J connectivity index is 2.14. The van der Waals surface area contributed by atoms with Crippen molar-refractivity contribution in [2.24, 2.45) is 0 Å². The Labute approximate surface area is 195 Å². The summed E-state index contributed by atoms with van der Waals surface area (Å²) in [5, 5.41) is 0. The summed E-state index contributed by atoms with van der Waals surface area (Å²) in [4.78, 5) is 11.7. The Morgan fingerprint density at radius 3 is 1.70 bits per heavy atom. The van der Waals surface area contributed by atoms with Gasteiger partial charge in [0.25, 0.3) is 0 Å². The van der Waals surface area contributed by atoms with Crippen LogP contribution in [0.25, 0.3) is 0 Å². The van der Waals surface area contributed by atoms with Crippen LogP contribution in [0.3, 0.4) is 0 Å². The van der Waals surface area contributed by atoms with Crippen molar-refractivity contribution in [2.75, 3.05) is 35.5 Å². The third kappa shape index (κ3) is 4.60. The molecule has 0 fully saturated rings. The number of carbonyl (C=O) groups excluding carboxylic acids is 1. The molecule has 0 unspecified atom stereocenters. The predicted octanol–water partition coefficient (Wildman–Crippen LogP) is 5.03. The molecule has 0 amide bonds. The van der Waals surface area contributed by atoms with Crippen molar-refractivity contribution < 1.29 is 28.5 Å². The number of methoxy groups -OCH3 is 5. The standard InChI is InChI=1S/C27H30O6/c1-17-21(25(31-4)27(33-6)26(32-5)24(17)30-3)14-18-10-7-8-11-19(18)15-22-20(16-28)12-9-13-23(22)29-2/h7-13,16H,14-15H2,1-6H3. The van der Waals surface area contributed by atoms with E-state index >= 15 is 0 Å². The molecule has 0 saturated carbocycles. The number of rotatable bonds is 10. The Kier molecular flexibility index (Phi) is 7.83. The molecule has 0 N–H and O–H groups in total. The Bertz CT molecular complexity index is 1140. The lowest BCUT2D eigenvalue weighted by molar-refractivity contribution is 0.112. The van der Waals surface area contributed by atoms with Crippen LogP contribution in [-0.4, -0.2) is 41.8 Å². The normalized spacial score (nSPS) is 10.5. The van der Waals surface area contributed by atoms with Gasteiger partial charge in [-0.25, -0.2) is 0 Å². The van der Waals surface area contributed by atoms with E-state index in [9.17, 15) is 4.79 Å². The minimum absolute atomic E-state index is 0.489. The van der Waals surface area contributed by atoms with Crippen LogP contribution < -0.4 is 23.7 Å². The van der Waals surface area contributed by atoms with Gasteiger partial charge < -0.3 is 23.7 Å². The maximum Gasteiger partial charge on any atom is 0.207 e. The average molecular weight is 451 g/mol. The Morgan fingerprint density at radius 2 is 1.18 bits per heavy atom. The summed E-state index contributed by atoms with van der Waals surface area (Å²) in [6.07, 6.45) is 2.00. The SMILES string of the molecule is COc1cccc(C=O)c1Cc1ccccc1Cc1c(C)c(OC)c(OC)c(OC)c1OC. The van der Waals surface area contributed by atoms with Crippen LogP contribution in [0.4, 0.5) is 0 Å². The summed E-state index contributed by atoms with van der Waals surface area (Å²) in [6, 6.07) is 13.6. The van der Waals surface area contributed by atoms with Gasteiger partial charge in [0.1, 0.15) is 12.0 Å². The van der Waals surface area contributed by atoms with Crippen LogP contribution in [0.2, 0.25) is 0 Å². The molecule has 0 spiro atoms. The smallest absolute Gasteiger partial charge is 0.207 e. The lowest BCUT2D eigenvalue weighted by atomic mass is 9.91. The van der Waals surface area contributed by atoms with Gasteiger partial charge in [-0.1, -0.05) is 36.4 Å². The highest BCUT2D eigenvalue weighted by molar-refractivity contribution is 5.79. The second-order valence-corrected chi connectivity index (χ2v) is 7.50. The van der Waals surface area contributed by atoms with Gasteiger partial charge in [-0.2, -0.15) is 0 Å². The zero-order valence-corrected chi connectivity index (χ0v) is 20.0. The van der Waals surface area contributed by atoms with E-state index < -0.39 is 0 Å². The second kappa shape index (κ2) is 10.8. The molecule has 6 heteroatoms. The fraction of sp³-hybridized carbons (Fsp3) is 0.296. The van der Waals surface area contributed by atoms with Gasteiger partial charge in [0.05, 0.1) is 35.5 Å². The highest BCUT2D eigenvalue weighted by Crippen LogP contribution is 2.50. The largest absolute Gasteiger partial charge is 0.496 e. The van der Waals surface area contributed by atoms with Crippen molar-refractivity contribution in [2.45, 2.75) is 19.8 Å². The first kappa shape index (κ1) is 24.0. The summed E-state index contributed by atoms with van der Waals surface area (Å²) < 4.78 is 28.2. The van der Waals surface area contributed by atoms with E-state index in [0.717, 1.165) is 34.1 Å². The van der Waals surface area contributed by atoms with Gasteiger partial charge in [0.15, 0.2) is 11.5 Å². The van der Waals surface area contributed by atoms with Crippen LogP contribution in [0, 0.1) is 6.92 Å². The van der Waals surface area contributed by atoms with Crippen molar-refractivity contribution in [3.8, 4) is 28.7 Å². The van der Waals surface area contributed by atoms with Crippen LogP contribution in [0.1, 0.15) is 38.2 Å². The number of aldehydes is 1. The molecule has 0 aliphatic heterocycles. The molecular formula is C27H30O6. The van der Waals surface area contributed by atoms with Gasteiger partial charge in [-0.05, 0) is 24.1 Å². The van der Waals surface area contributed by atoms with Crippen LogP contribution in [-0.2, 0) is 12.8 Å². The van der Waals surface area contributed by atoms with Crippen LogP contribution >= 0.6 is 0 Å². The molecule has 0 radical (unpaired) electrons. The van der Waals surface area contributed by atoms with E-state index in [2.05, 4.69) is 12.1 Å². The van der Waals surface area contributed by atoms with Gasteiger partial charge in [-0.3, -0.25) is 4.79 Å². The highest BCUT2D eigenvalue weighted by Gasteiger charge is 2.26. The molecule has 33 heavy (non-hydrogen) atoms. The third-order valence-corrected chi connectivity index (χ3v) is 5.87. The Hall–Kier alpha value is -3.67. The van der Waals surface area contributed by atoms with Crippen LogP contribution in [0.5, 0.6) is 28.7 Å². The summed E-state index contributed by atoms with van der Waals surface area (Å²) >= 11 is 0. The molecule has 3 aromatic carbocycles. The fourth-order valence-electron chi connectivity index (χ4n) is 4.22. The molecular weight excluding hydrogens is 420 g/mol. The first-order valence-corrected chi connectivity index (χ1v) is 10.6. The van der Waals surface area contributed by atoms with E-state index in [-0.39, 0.29) is 0 Å². The number of ether oxygens (including phenoxy) is 5. The molecule has 0 heterocycles. The van der Waals surface area contributed by atoms with E-state index in [1.54, 1.807) is 41.6 Å². The molecule has 0 aliphatic rings. The van der Waals surface area contributed by atoms with Crippen molar-refractivity contribution in [3.05, 3.63) is 75.8 Å². The van der Waals surface area contributed by atoms with Crippen molar-refractivity contribution in [3.63, 3.8) is 0 Å². The molecule has 0 saturated heterocycles. The second-order valence-electron chi connectivity index (χ2n) is 7.50. The maximum absolute atomic E-state index is 11.7. The number of benzene rings is 3. The molecule has 0 atom stereocenters. The molecule has 0 aromatic heterocycles. The molecule has 0 bridgehead atoms. The van der Waals surface area contributed by atoms with Crippen molar-refractivity contribution in [1.29, 1.82) is 0 Å². The quantitative estimate of drug-likeness (QED) is 0.404. The molecule has 6 nitrogen and oxygen atoms in total. The fourth-order valence-corrected chi connectivity index (χ4v) is 4.22. The number of hydrogen-bond donors (Lipinski definition) is 0. The summed E-state index contributed by atoms with van der Waals surface area (Å²) in [5.41, 5.74) is 5.50. The number of carbonyl (C=O) groups is 1. The lowest BCUT2D eigenvalue weighted by Crippen LogP contribution is -2.07. The van der Waals surface area contributed by atoms with Gasteiger partial charge in [0, 0.05) is 35.1 Å². The van der Waals surface area contributed by atoms with Gasteiger partial charge in [-0.15, -0.1) is 0 Å². The monoisotopic (exact) mass is 450 g/mol. The minimum Gasteiger partial charge on any atom is -0.496 e. The summed E-state index contributed by atoms with van der Waals surface area (Å²) in [7, 11) is 7.99. The first-order valence-electron chi connectivity index (χ1n) is 10.6. The zero-order valence-electron chi connectivity index (χ0n) is 20.0. The molecule has 174 valence electrons. The highest BCUT2D eigenvalue weighted by atomic mass is 16.5. The predicted molar refractivity (Wildman–Crippen MR) is 128 cm³/mol. The molecule has 3 rings (SSSR count). The maximum atomic E-state index is 11.7. The van der Waals surface area contributed by atoms with E-state index in [0.29, 0.717) is 47.2 Å².